The number of rotatable bonds is 2. The first kappa shape index (κ1) is 12.7. The van der Waals surface area contributed by atoms with Gasteiger partial charge < -0.3 is 0 Å². The Kier molecular flexibility index (Phi) is 2.94. The summed E-state index contributed by atoms with van der Waals surface area (Å²) >= 11 is 1.44. The minimum absolute atomic E-state index is 0.306. The van der Waals surface area contributed by atoms with Gasteiger partial charge in [0, 0.05) is 25.2 Å². The van der Waals surface area contributed by atoms with Crippen LogP contribution in [0.4, 0.5) is 0 Å². The van der Waals surface area contributed by atoms with E-state index in [2.05, 4.69) is 15.1 Å². The molecule has 8 heteroatoms. The van der Waals surface area contributed by atoms with Gasteiger partial charge in [0.15, 0.2) is 5.82 Å². The quantitative estimate of drug-likeness (QED) is 0.689. The summed E-state index contributed by atoms with van der Waals surface area (Å²) in [5.74, 6) is 0.306. The first-order valence-electron chi connectivity index (χ1n) is 6.00. The molecule has 2 aliphatic heterocycles. The normalized spacial score (nSPS) is 11.1. The van der Waals surface area contributed by atoms with Gasteiger partial charge in [-0.3, -0.25) is 9.36 Å². The van der Waals surface area contributed by atoms with Crippen LogP contribution in [0.15, 0.2) is 27.2 Å². The monoisotopic (exact) mass is 289 g/mol. The summed E-state index contributed by atoms with van der Waals surface area (Å²) in [5, 5.41) is 6.96. The van der Waals surface area contributed by atoms with E-state index in [4.69, 9.17) is 0 Å². The standard InChI is InChI=1S/C12H11N5O2S/c1-3-17-9-7(11(18)16(2)12(19)14-9)6-8(15-17)10-13-4-5-20-10/h4-6H,3H2,1-2H3. The molecule has 0 atom stereocenters. The lowest BCUT2D eigenvalue weighted by molar-refractivity contribution is 0.625. The minimum atomic E-state index is -0.575. The van der Waals surface area contributed by atoms with Gasteiger partial charge in [-0.05, 0) is 13.0 Å². The van der Waals surface area contributed by atoms with Crippen LogP contribution in [0.25, 0.3) is 22.1 Å². The molecule has 0 unspecified atom stereocenters. The van der Waals surface area contributed by atoms with Gasteiger partial charge in [-0.25, -0.2) is 14.5 Å². The third kappa shape index (κ3) is 1.85. The molecule has 1 aromatic heterocycles. The molecule has 0 saturated carbocycles. The van der Waals surface area contributed by atoms with Gasteiger partial charge in [0.25, 0.3) is 5.56 Å². The van der Waals surface area contributed by atoms with Crippen molar-refractivity contribution in [2.45, 2.75) is 13.5 Å². The van der Waals surface area contributed by atoms with Gasteiger partial charge in [-0.2, -0.15) is 10.1 Å². The zero-order valence-corrected chi connectivity index (χ0v) is 11.7. The molecule has 0 fully saturated rings. The fraction of sp³-hybridized carbons (Fsp3) is 0.250. The number of aromatic nitrogens is 5. The first-order chi connectivity index (χ1) is 9.61. The summed E-state index contributed by atoms with van der Waals surface area (Å²) < 4.78 is 2.54. The first-order valence-corrected chi connectivity index (χ1v) is 6.88. The number of aryl methyl sites for hydroxylation is 1. The van der Waals surface area contributed by atoms with Crippen LogP contribution >= 0.6 is 11.3 Å². The maximum Gasteiger partial charge on any atom is 0.352 e. The van der Waals surface area contributed by atoms with E-state index in [1.807, 2.05) is 12.3 Å². The van der Waals surface area contributed by atoms with Crippen LogP contribution in [0, 0.1) is 0 Å². The lowest BCUT2D eigenvalue weighted by Gasteiger charge is -2.13. The minimum Gasteiger partial charge on any atom is -0.268 e. The van der Waals surface area contributed by atoms with Crippen molar-refractivity contribution in [3.8, 4) is 22.1 Å². The number of thiazole rings is 1. The zero-order valence-electron chi connectivity index (χ0n) is 10.9. The SMILES string of the molecule is CCn1nc(-c2nccs2)cc2c(=O)n(C)c(=O)nc1-2. The van der Waals surface area contributed by atoms with E-state index >= 15 is 0 Å². The van der Waals surface area contributed by atoms with Gasteiger partial charge >= 0.3 is 5.69 Å². The van der Waals surface area contributed by atoms with E-state index in [9.17, 15) is 9.59 Å². The van der Waals surface area contributed by atoms with Gasteiger partial charge in [-0.1, -0.05) is 0 Å². The van der Waals surface area contributed by atoms with E-state index in [1.54, 1.807) is 16.9 Å². The van der Waals surface area contributed by atoms with Crippen LogP contribution in [0.3, 0.4) is 0 Å². The van der Waals surface area contributed by atoms with E-state index in [0.717, 1.165) is 9.57 Å². The van der Waals surface area contributed by atoms with Crippen molar-refractivity contribution >= 4 is 11.3 Å². The molecule has 0 aliphatic carbocycles. The highest BCUT2D eigenvalue weighted by molar-refractivity contribution is 7.13. The number of nitrogens with zero attached hydrogens (tertiary/aromatic N) is 5. The molecule has 0 aromatic carbocycles. The van der Waals surface area contributed by atoms with Gasteiger partial charge in [0.1, 0.15) is 10.7 Å². The van der Waals surface area contributed by atoms with Crippen molar-refractivity contribution in [1.29, 1.82) is 0 Å². The highest BCUT2D eigenvalue weighted by atomic mass is 32.1. The molecule has 20 heavy (non-hydrogen) atoms. The molecule has 0 bridgehead atoms. The Balaban J connectivity index is 2.41. The predicted octanol–water partition coefficient (Wildman–Crippen LogP) is 0.585. The lowest BCUT2D eigenvalue weighted by atomic mass is 10.2. The van der Waals surface area contributed by atoms with Crippen LogP contribution in [0.5, 0.6) is 0 Å². The van der Waals surface area contributed by atoms with Crippen LogP contribution in [-0.2, 0) is 13.6 Å². The Labute approximate surface area is 117 Å². The van der Waals surface area contributed by atoms with Gasteiger partial charge in [0.2, 0.25) is 0 Å². The molecule has 0 spiro atoms. The highest BCUT2D eigenvalue weighted by Gasteiger charge is 2.18. The molecule has 3 rings (SSSR count). The van der Waals surface area contributed by atoms with Gasteiger partial charge in [0.05, 0.1) is 5.56 Å². The molecular weight excluding hydrogens is 278 g/mol. The molecule has 1 aromatic rings. The van der Waals surface area contributed by atoms with E-state index in [0.29, 0.717) is 23.6 Å². The van der Waals surface area contributed by atoms with Crippen LogP contribution in [-0.4, -0.2) is 24.3 Å². The molecule has 7 nitrogen and oxygen atoms in total. The summed E-state index contributed by atoms with van der Waals surface area (Å²) in [4.78, 5) is 32.0. The average molecular weight is 289 g/mol. The molecule has 0 saturated heterocycles. The molecule has 0 amide bonds. The zero-order chi connectivity index (χ0) is 14.3. The Morgan fingerprint density at radius 2 is 2.15 bits per heavy atom. The van der Waals surface area contributed by atoms with E-state index < -0.39 is 5.69 Å². The fourth-order valence-corrected chi connectivity index (χ4v) is 2.52. The van der Waals surface area contributed by atoms with Crippen molar-refractivity contribution in [2.24, 2.45) is 7.05 Å². The number of hydrogen-bond donors (Lipinski definition) is 0. The van der Waals surface area contributed by atoms with Crippen LogP contribution in [0.2, 0.25) is 0 Å². The fourth-order valence-electron chi connectivity index (χ4n) is 1.93. The van der Waals surface area contributed by atoms with E-state index in [1.165, 1.54) is 18.4 Å². The van der Waals surface area contributed by atoms with Crippen molar-refractivity contribution < 1.29 is 0 Å². The third-order valence-corrected chi connectivity index (χ3v) is 3.76. The maximum absolute atomic E-state index is 12.2. The molecular formula is C12H11N5O2S. The summed E-state index contributed by atoms with van der Waals surface area (Å²) in [6, 6.07) is 1.63. The Morgan fingerprint density at radius 1 is 1.35 bits per heavy atom. The van der Waals surface area contributed by atoms with Crippen molar-refractivity contribution in [3.63, 3.8) is 0 Å². The van der Waals surface area contributed by atoms with Gasteiger partial charge in [-0.15, -0.1) is 11.3 Å². The number of hydrogen-bond acceptors (Lipinski definition) is 6. The van der Waals surface area contributed by atoms with E-state index in [-0.39, 0.29) is 5.56 Å². The lowest BCUT2D eigenvalue weighted by Crippen LogP contribution is -2.36. The Morgan fingerprint density at radius 3 is 2.80 bits per heavy atom. The second-order valence-electron chi connectivity index (χ2n) is 4.18. The van der Waals surface area contributed by atoms with Crippen LogP contribution in [0.1, 0.15) is 6.92 Å². The molecule has 102 valence electrons. The second-order valence-corrected chi connectivity index (χ2v) is 5.07. The van der Waals surface area contributed by atoms with Crippen molar-refractivity contribution in [3.05, 3.63) is 38.5 Å². The second kappa shape index (κ2) is 4.64. The van der Waals surface area contributed by atoms with Crippen LogP contribution < -0.4 is 11.2 Å². The summed E-state index contributed by atoms with van der Waals surface area (Å²) in [5.41, 5.74) is 0.0250. The van der Waals surface area contributed by atoms with Crippen molar-refractivity contribution in [2.75, 3.05) is 0 Å². The predicted molar refractivity (Wildman–Crippen MR) is 74.9 cm³/mol. The smallest absolute Gasteiger partial charge is 0.268 e. The largest absolute Gasteiger partial charge is 0.352 e. The third-order valence-electron chi connectivity index (χ3n) is 2.97. The molecule has 0 N–H and O–H groups in total. The Hall–Kier alpha value is -2.35. The maximum atomic E-state index is 12.2. The highest BCUT2D eigenvalue weighted by Crippen LogP contribution is 2.23. The molecule has 3 heterocycles. The summed E-state index contributed by atoms with van der Waals surface area (Å²) in [6.45, 7) is 2.39. The summed E-state index contributed by atoms with van der Waals surface area (Å²) in [6.07, 6.45) is 1.68. The topological polar surface area (TPSA) is 82.7 Å². The average Bonchev–Trinajstić information content (AvgIpc) is 2.98. The van der Waals surface area contributed by atoms with Crippen molar-refractivity contribution in [1.82, 2.24) is 24.3 Å². The molecule has 0 radical (unpaired) electrons. The Bertz CT molecular complexity index is 849. The number of fused-ring (bicyclic) bond motifs is 1. The molecule has 2 aliphatic rings. The summed E-state index contributed by atoms with van der Waals surface area (Å²) in [7, 11) is 1.41.